The third-order valence-corrected chi connectivity index (χ3v) is 3.96. The zero-order chi connectivity index (χ0) is 14.6. The number of aromatic nitrogens is 3. The average Bonchev–Trinajstić information content (AvgIpc) is 3.09. The van der Waals surface area contributed by atoms with Crippen molar-refractivity contribution in [2.75, 3.05) is 7.11 Å². The highest BCUT2D eigenvalue weighted by molar-refractivity contribution is 7.18. The summed E-state index contributed by atoms with van der Waals surface area (Å²) in [6.45, 7) is 0. The molecule has 0 saturated heterocycles. The number of nitrogens with zero attached hydrogens (tertiary/aromatic N) is 3. The van der Waals surface area contributed by atoms with Gasteiger partial charge in [0.25, 0.3) is 5.19 Å². The minimum absolute atomic E-state index is 0.170. The minimum Gasteiger partial charge on any atom is -0.507 e. The molecule has 0 radical (unpaired) electrons. The predicted octanol–water partition coefficient (Wildman–Crippen LogP) is 3.06. The second-order valence-electron chi connectivity index (χ2n) is 4.36. The standard InChI is InChI=1S/C13H8FN3O3S/c1-19-13-16-17-8(5-15-12(17)21-13)11-4-7-9(18)2-6(14)3-10(7)20-11/h2-5,18H,1H3. The highest BCUT2D eigenvalue weighted by Gasteiger charge is 2.17. The van der Waals surface area contributed by atoms with Crippen molar-refractivity contribution in [2.24, 2.45) is 0 Å². The van der Waals surface area contributed by atoms with E-state index in [0.717, 1.165) is 6.07 Å². The summed E-state index contributed by atoms with van der Waals surface area (Å²) in [5.74, 6) is -0.294. The maximum Gasteiger partial charge on any atom is 0.294 e. The van der Waals surface area contributed by atoms with Crippen molar-refractivity contribution < 1.29 is 18.7 Å². The molecule has 3 aromatic heterocycles. The quantitative estimate of drug-likeness (QED) is 0.616. The lowest BCUT2D eigenvalue weighted by molar-refractivity contribution is 0.405. The van der Waals surface area contributed by atoms with Gasteiger partial charge in [-0.3, -0.25) is 0 Å². The Bertz CT molecular complexity index is 972. The van der Waals surface area contributed by atoms with E-state index < -0.39 is 5.82 Å². The summed E-state index contributed by atoms with van der Waals surface area (Å²) in [7, 11) is 1.53. The number of hydrogen-bond donors (Lipinski definition) is 1. The number of rotatable bonds is 2. The number of phenols is 1. The summed E-state index contributed by atoms with van der Waals surface area (Å²) in [6.07, 6.45) is 1.60. The fraction of sp³-hybridized carbons (Fsp3) is 0.0769. The number of hydrogen-bond acceptors (Lipinski definition) is 6. The molecule has 6 nitrogen and oxygen atoms in total. The Balaban J connectivity index is 1.95. The summed E-state index contributed by atoms with van der Waals surface area (Å²) in [5, 5.41) is 14.9. The van der Waals surface area contributed by atoms with Gasteiger partial charge in [-0.1, -0.05) is 0 Å². The van der Waals surface area contributed by atoms with Crippen LogP contribution in [0.25, 0.3) is 27.4 Å². The first-order valence-corrected chi connectivity index (χ1v) is 6.78. The highest BCUT2D eigenvalue weighted by atomic mass is 32.1. The van der Waals surface area contributed by atoms with E-state index >= 15 is 0 Å². The molecular weight excluding hydrogens is 297 g/mol. The second-order valence-corrected chi connectivity index (χ2v) is 5.28. The fourth-order valence-corrected chi connectivity index (χ4v) is 2.83. The SMILES string of the molecule is COc1nn2c(-c3cc4c(O)cc(F)cc4o3)cnc2s1. The van der Waals surface area contributed by atoms with Crippen LogP contribution in [0.1, 0.15) is 0 Å². The first kappa shape index (κ1) is 12.2. The van der Waals surface area contributed by atoms with Gasteiger partial charge in [-0.25, -0.2) is 9.37 Å². The van der Waals surface area contributed by atoms with Crippen LogP contribution >= 0.6 is 11.3 Å². The van der Waals surface area contributed by atoms with Crippen LogP contribution in [0.2, 0.25) is 0 Å². The molecule has 0 fully saturated rings. The number of benzene rings is 1. The Morgan fingerprint density at radius 3 is 3.05 bits per heavy atom. The van der Waals surface area contributed by atoms with Crippen LogP contribution in [0.15, 0.2) is 28.8 Å². The minimum atomic E-state index is -0.561. The molecular formula is C13H8FN3O3S. The third kappa shape index (κ3) is 1.76. The lowest BCUT2D eigenvalue weighted by Gasteiger charge is -1.93. The van der Waals surface area contributed by atoms with Gasteiger partial charge in [0.2, 0.25) is 4.96 Å². The molecule has 0 atom stereocenters. The topological polar surface area (TPSA) is 72.8 Å². The highest BCUT2D eigenvalue weighted by Crippen LogP contribution is 2.34. The maximum absolute atomic E-state index is 13.3. The molecule has 0 aliphatic heterocycles. The molecule has 0 saturated carbocycles. The van der Waals surface area contributed by atoms with Crippen molar-refractivity contribution in [1.29, 1.82) is 0 Å². The van der Waals surface area contributed by atoms with E-state index in [9.17, 15) is 9.50 Å². The van der Waals surface area contributed by atoms with E-state index in [0.29, 0.717) is 27.0 Å². The molecule has 0 spiro atoms. The van der Waals surface area contributed by atoms with Crippen LogP contribution in [-0.2, 0) is 0 Å². The van der Waals surface area contributed by atoms with E-state index in [1.54, 1.807) is 16.8 Å². The van der Waals surface area contributed by atoms with Crippen LogP contribution in [0.4, 0.5) is 4.39 Å². The zero-order valence-electron chi connectivity index (χ0n) is 10.7. The molecule has 4 rings (SSSR count). The Hall–Kier alpha value is -2.61. The zero-order valence-corrected chi connectivity index (χ0v) is 11.5. The second kappa shape index (κ2) is 4.19. The molecule has 0 unspecified atom stereocenters. The summed E-state index contributed by atoms with van der Waals surface area (Å²) in [6, 6.07) is 3.89. The number of phenolic OH excluding ortho intramolecular Hbond substituents is 1. The largest absolute Gasteiger partial charge is 0.507 e. The molecule has 21 heavy (non-hydrogen) atoms. The number of fused-ring (bicyclic) bond motifs is 2. The van der Waals surface area contributed by atoms with Crippen LogP contribution in [0.5, 0.6) is 10.9 Å². The van der Waals surface area contributed by atoms with E-state index in [4.69, 9.17) is 9.15 Å². The van der Waals surface area contributed by atoms with E-state index in [1.165, 1.54) is 24.5 Å². The van der Waals surface area contributed by atoms with Gasteiger partial charge >= 0.3 is 0 Å². The van der Waals surface area contributed by atoms with Gasteiger partial charge < -0.3 is 14.3 Å². The van der Waals surface area contributed by atoms with Gasteiger partial charge in [-0.2, -0.15) is 4.52 Å². The first-order valence-electron chi connectivity index (χ1n) is 5.96. The molecule has 0 amide bonds. The van der Waals surface area contributed by atoms with Crippen molar-refractivity contribution in [3.8, 4) is 22.4 Å². The van der Waals surface area contributed by atoms with Gasteiger partial charge in [0, 0.05) is 12.1 Å². The number of halogens is 1. The van der Waals surface area contributed by atoms with Crippen molar-refractivity contribution in [3.05, 3.63) is 30.2 Å². The van der Waals surface area contributed by atoms with Gasteiger partial charge in [0.1, 0.15) is 22.8 Å². The van der Waals surface area contributed by atoms with Gasteiger partial charge in [-0.15, -0.1) is 5.10 Å². The smallest absolute Gasteiger partial charge is 0.294 e. The van der Waals surface area contributed by atoms with Gasteiger partial charge in [-0.05, 0) is 17.4 Å². The number of imidazole rings is 1. The molecule has 8 heteroatoms. The van der Waals surface area contributed by atoms with E-state index in [1.807, 2.05) is 0 Å². The van der Waals surface area contributed by atoms with Crippen molar-refractivity contribution in [3.63, 3.8) is 0 Å². The average molecular weight is 305 g/mol. The Kier molecular flexibility index (Phi) is 2.43. The summed E-state index contributed by atoms with van der Waals surface area (Å²) in [5.41, 5.74) is 0.861. The lowest BCUT2D eigenvalue weighted by Crippen LogP contribution is -1.88. The molecule has 106 valence electrons. The Labute approximate surface area is 121 Å². The first-order chi connectivity index (χ1) is 10.2. The Morgan fingerprint density at radius 2 is 2.24 bits per heavy atom. The summed E-state index contributed by atoms with van der Waals surface area (Å²) < 4.78 is 25.5. The Morgan fingerprint density at radius 1 is 1.38 bits per heavy atom. The predicted molar refractivity (Wildman–Crippen MR) is 74.2 cm³/mol. The number of aromatic hydroxyl groups is 1. The third-order valence-electron chi connectivity index (χ3n) is 3.07. The van der Waals surface area contributed by atoms with Gasteiger partial charge in [0.05, 0.1) is 18.7 Å². The number of ether oxygens (including phenoxy) is 1. The molecule has 1 N–H and O–H groups in total. The van der Waals surface area contributed by atoms with E-state index in [2.05, 4.69) is 10.1 Å². The summed E-state index contributed by atoms with van der Waals surface area (Å²) >= 11 is 1.29. The number of methoxy groups -OCH3 is 1. The molecule has 1 aromatic carbocycles. The molecule has 3 heterocycles. The molecule has 4 aromatic rings. The maximum atomic E-state index is 13.3. The molecule has 0 aliphatic carbocycles. The molecule has 0 bridgehead atoms. The number of furan rings is 1. The normalized spacial score (nSPS) is 11.5. The van der Waals surface area contributed by atoms with Crippen LogP contribution in [0, 0.1) is 5.82 Å². The van der Waals surface area contributed by atoms with Crippen LogP contribution in [0.3, 0.4) is 0 Å². The van der Waals surface area contributed by atoms with Crippen LogP contribution in [-0.4, -0.2) is 26.8 Å². The van der Waals surface area contributed by atoms with Crippen LogP contribution < -0.4 is 4.74 Å². The summed E-state index contributed by atoms with van der Waals surface area (Å²) in [4.78, 5) is 4.87. The van der Waals surface area contributed by atoms with Gasteiger partial charge in [0.15, 0.2) is 5.76 Å². The van der Waals surface area contributed by atoms with E-state index in [-0.39, 0.29) is 11.3 Å². The monoisotopic (exact) mass is 305 g/mol. The lowest BCUT2D eigenvalue weighted by atomic mass is 10.2. The van der Waals surface area contributed by atoms with Crippen molar-refractivity contribution in [1.82, 2.24) is 14.6 Å². The van der Waals surface area contributed by atoms with Crippen molar-refractivity contribution >= 4 is 27.3 Å². The molecule has 0 aliphatic rings. The fourth-order valence-electron chi connectivity index (χ4n) is 2.14. The van der Waals surface area contributed by atoms with Crippen molar-refractivity contribution in [2.45, 2.75) is 0 Å².